The van der Waals surface area contributed by atoms with E-state index in [9.17, 15) is 9.59 Å². The van der Waals surface area contributed by atoms with Crippen molar-refractivity contribution in [2.24, 2.45) is 10.8 Å². The number of likely N-dealkylation sites (tertiary alicyclic amines) is 1. The van der Waals surface area contributed by atoms with E-state index in [1.54, 1.807) is 0 Å². The SMILES string of the molecule is CC(C)(C)OC(=O)NC1CC2(CNC2)C1.CCN1CC2(CC(NC(=O)OC(C)(C)C)C2)C1. The topological polar surface area (TPSA) is 91.9 Å². The Morgan fingerprint density at radius 2 is 1.25 bits per heavy atom. The molecule has 2 aliphatic heterocycles. The summed E-state index contributed by atoms with van der Waals surface area (Å²) in [5, 5.41) is 9.13. The van der Waals surface area contributed by atoms with Gasteiger partial charge in [-0.25, -0.2) is 9.59 Å². The van der Waals surface area contributed by atoms with Crippen LogP contribution in [-0.4, -0.2) is 73.1 Å². The lowest BCUT2D eigenvalue weighted by Gasteiger charge is -2.59. The van der Waals surface area contributed by atoms with Crippen molar-refractivity contribution in [3.05, 3.63) is 0 Å². The number of hydrogen-bond donors (Lipinski definition) is 3. The Balaban J connectivity index is 0.000000182. The third kappa shape index (κ3) is 6.73. The van der Waals surface area contributed by atoms with E-state index < -0.39 is 11.2 Å². The zero-order valence-electron chi connectivity index (χ0n) is 21.1. The smallest absolute Gasteiger partial charge is 0.407 e. The van der Waals surface area contributed by atoms with E-state index in [0.717, 1.165) is 45.3 Å². The van der Waals surface area contributed by atoms with Gasteiger partial charge in [0, 0.05) is 38.3 Å². The first-order valence-corrected chi connectivity index (χ1v) is 12.1. The molecule has 3 N–H and O–H groups in total. The van der Waals surface area contributed by atoms with E-state index in [2.05, 4.69) is 27.8 Å². The number of carbonyl (C=O) groups excluding carboxylic acids is 2. The molecule has 8 nitrogen and oxygen atoms in total. The lowest BCUT2D eigenvalue weighted by molar-refractivity contribution is -0.0761. The van der Waals surface area contributed by atoms with Crippen LogP contribution in [0.1, 0.15) is 74.1 Å². The van der Waals surface area contributed by atoms with Gasteiger partial charge in [-0.15, -0.1) is 0 Å². The van der Waals surface area contributed by atoms with Gasteiger partial charge in [0.15, 0.2) is 0 Å². The third-order valence-corrected chi connectivity index (χ3v) is 6.72. The van der Waals surface area contributed by atoms with Crippen LogP contribution in [0.3, 0.4) is 0 Å². The highest BCUT2D eigenvalue weighted by atomic mass is 16.6. The maximum Gasteiger partial charge on any atom is 0.407 e. The van der Waals surface area contributed by atoms with Gasteiger partial charge in [-0.3, -0.25) is 0 Å². The average Bonchev–Trinajstić information content (AvgIpc) is 2.46. The molecule has 4 fully saturated rings. The molecule has 8 heteroatoms. The van der Waals surface area contributed by atoms with Crippen LogP contribution >= 0.6 is 0 Å². The molecule has 0 aromatic heterocycles. The molecule has 0 radical (unpaired) electrons. The molecule has 32 heavy (non-hydrogen) atoms. The zero-order chi connectivity index (χ0) is 23.8. The summed E-state index contributed by atoms with van der Waals surface area (Å²) in [5.41, 5.74) is 0.208. The fourth-order valence-electron chi connectivity index (χ4n) is 5.28. The van der Waals surface area contributed by atoms with Crippen LogP contribution in [0.25, 0.3) is 0 Å². The third-order valence-electron chi connectivity index (χ3n) is 6.72. The summed E-state index contributed by atoms with van der Waals surface area (Å²) < 4.78 is 10.4. The molecule has 4 rings (SSSR count). The van der Waals surface area contributed by atoms with Crippen LogP contribution in [0.15, 0.2) is 0 Å². The molecule has 0 aromatic carbocycles. The van der Waals surface area contributed by atoms with Gasteiger partial charge in [-0.05, 0) is 84.6 Å². The minimum atomic E-state index is -0.402. The molecule has 0 aromatic rings. The lowest BCUT2D eigenvalue weighted by atomic mass is 9.60. The first kappa shape index (κ1) is 25.1. The monoisotopic (exact) mass is 452 g/mol. The highest BCUT2D eigenvalue weighted by Crippen LogP contribution is 2.48. The highest BCUT2D eigenvalue weighted by molar-refractivity contribution is 5.68. The molecule has 4 aliphatic rings. The summed E-state index contributed by atoms with van der Waals surface area (Å²) in [5.74, 6) is 0. The van der Waals surface area contributed by atoms with Crippen molar-refractivity contribution in [2.75, 3.05) is 32.7 Å². The molecule has 0 bridgehead atoms. The minimum Gasteiger partial charge on any atom is -0.444 e. The summed E-state index contributed by atoms with van der Waals surface area (Å²) in [7, 11) is 0. The summed E-state index contributed by atoms with van der Waals surface area (Å²) in [6, 6.07) is 0.644. The zero-order valence-corrected chi connectivity index (χ0v) is 21.1. The number of nitrogens with zero attached hydrogens (tertiary/aromatic N) is 1. The van der Waals surface area contributed by atoms with Crippen molar-refractivity contribution in [1.82, 2.24) is 20.9 Å². The first-order chi connectivity index (χ1) is 14.7. The van der Waals surface area contributed by atoms with Crippen molar-refractivity contribution >= 4 is 12.2 Å². The predicted octanol–water partition coefficient (Wildman–Crippen LogP) is 3.26. The normalized spacial score (nSPS) is 24.1. The van der Waals surface area contributed by atoms with E-state index in [4.69, 9.17) is 9.47 Å². The number of hydrogen-bond acceptors (Lipinski definition) is 6. The second-order valence-corrected chi connectivity index (χ2v) is 12.4. The van der Waals surface area contributed by atoms with E-state index in [1.807, 2.05) is 41.5 Å². The van der Waals surface area contributed by atoms with E-state index in [0.29, 0.717) is 22.9 Å². The standard InChI is InChI=1S/C13H24N2O2.C11H20N2O2/c1-5-15-8-13(9-15)6-10(7-13)14-11(16)17-12(2,3)4;1-10(2,3)15-9(14)13-8-4-11(5-8)6-12-7-11/h10H,5-9H2,1-4H3,(H,14,16);8,12H,4-7H2,1-3H3,(H,13,14). The van der Waals surface area contributed by atoms with Crippen molar-refractivity contribution in [3.8, 4) is 0 Å². The van der Waals surface area contributed by atoms with E-state index in [1.165, 1.54) is 13.1 Å². The van der Waals surface area contributed by atoms with Gasteiger partial charge in [0.1, 0.15) is 11.2 Å². The molecular formula is C24H44N4O4. The number of amides is 2. The molecule has 2 aliphatic carbocycles. The Hall–Kier alpha value is -1.54. The fraction of sp³-hybridized carbons (Fsp3) is 0.917. The van der Waals surface area contributed by atoms with Gasteiger partial charge in [-0.2, -0.15) is 0 Å². The van der Waals surface area contributed by atoms with Gasteiger partial charge >= 0.3 is 12.2 Å². The molecule has 2 spiro atoms. The lowest BCUT2D eigenvalue weighted by Crippen LogP contribution is -2.66. The molecule has 0 atom stereocenters. The molecule has 184 valence electrons. The maximum atomic E-state index is 11.6. The highest BCUT2D eigenvalue weighted by Gasteiger charge is 2.52. The van der Waals surface area contributed by atoms with Gasteiger partial charge in [0.25, 0.3) is 0 Å². The van der Waals surface area contributed by atoms with Crippen LogP contribution in [0.5, 0.6) is 0 Å². The van der Waals surface area contributed by atoms with Gasteiger partial charge in [0.05, 0.1) is 0 Å². The van der Waals surface area contributed by atoms with Crippen molar-refractivity contribution in [3.63, 3.8) is 0 Å². The maximum absolute atomic E-state index is 11.6. The van der Waals surface area contributed by atoms with Crippen LogP contribution < -0.4 is 16.0 Å². The molecule has 2 saturated carbocycles. The largest absolute Gasteiger partial charge is 0.444 e. The quantitative estimate of drug-likeness (QED) is 0.609. The van der Waals surface area contributed by atoms with E-state index >= 15 is 0 Å². The van der Waals surface area contributed by atoms with Crippen LogP contribution in [-0.2, 0) is 9.47 Å². The summed E-state index contributed by atoms with van der Waals surface area (Å²) >= 11 is 0. The minimum absolute atomic E-state index is 0.274. The number of rotatable bonds is 3. The van der Waals surface area contributed by atoms with Gasteiger partial charge < -0.3 is 30.3 Å². The molecule has 2 amide bonds. The Morgan fingerprint density at radius 3 is 1.56 bits per heavy atom. The van der Waals surface area contributed by atoms with Crippen molar-refractivity contribution in [2.45, 2.75) is 97.4 Å². The predicted molar refractivity (Wildman–Crippen MR) is 125 cm³/mol. The second kappa shape index (κ2) is 9.01. The number of ether oxygens (including phenoxy) is 2. The van der Waals surface area contributed by atoms with Gasteiger partial charge in [0.2, 0.25) is 0 Å². The van der Waals surface area contributed by atoms with E-state index in [-0.39, 0.29) is 12.2 Å². The average molecular weight is 453 g/mol. The van der Waals surface area contributed by atoms with Crippen molar-refractivity contribution in [1.29, 1.82) is 0 Å². The Labute approximate surface area is 193 Å². The Bertz CT molecular complexity index is 671. The summed E-state index contributed by atoms with van der Waals surface area (Å²) in [6.45, 7) is 19.3. The fourth-order valence-corrected chi connectivity index (χ4v) is 5.28. The number of nitrogens with one attached hydrogen (secondary N) is 3. The Morgan fingerprint density at radius 1 is 0.844 bits per heavy atom. The summed E-state index contributed by atoms with van der Waals surface area (Å²) in [6.07, 6.45) is 3.86. The van der Waals surface area contributed by atoms with Gasteiger partial charge in [-0.1, -0.05) is 6.92 Å². The number of alkyl carbamates (subject to hydrolysis) is 2. The molecule has 2 saturated heterocycles. The molecule has 0 unspecified atom stereocenters. The second-order valence-electron chi connectivity index (χ2n) is 12.4. The molecule has 2 heterocycles. The summed E-state index contributed by atoms with van der Waals surface area (Å²) in [4.78, 5) is 25.4. The first-order valence-electron chi connectivity index (χ1n) is 12.1. The number of carbonyl (C=O) groups is 2. The molecular weight excluding hydrogens is 408 g/mol. The van der Waals surface area contributed by atoms with Crippen LogP contribution in [0.4, 0.5) is 9.59 Å². The van der Waals surface area contributed by atoms with Crippen LogP contribution in [0.2, 0.25) is 0 Å². The Kier molecular flexibility index (Phi) is 7.06. The van der Waals surface area contributed by atoms with Crippen molar-refractivity contribution < 1.29 is 19.1 Å². The van der Waals surface area contributed by atoms with Crippen LogP contribution in [0, 0.1) is 10.8 Å².